The Morgan fingerprint density at radius 1 is 1.20 bits per heavy atom. The van der Waals surface area contributed by atoms with E-state index in [0.717, 1.165) is 15.9 Å². The van der Waals surface area contributed by atoms with Crippen molar-refractivity contribution in [3.05, 3.63) is 52.9 Å². The summed E-state index contributed by atoms with van der Waals surface area (Å²) >= 11 is 3.36. The number of hydrogen-bond donors (Lipinski definition) is 1. The summed E-state index contributed by atoms with van der Waals surface area (Å²) in [6.45, 7) is 0. The topological polar surface area (TPSA) is 37.5 Å². The van der Waals surface area contributed by atoms with E-state index in [9.17, 15) is 0 Å². The summed E-state index contributed by atoms with van der Waals surface area (Å²) in [5, 5.41) is 4.03. The summed E-state index contributed by atoms with van der Waals surface area (Å²) < 4.78 is 6.14. The third kappa shape index (κ3) is 2.95. The fraction of sp³-hybridized carbons (Fsp3) is 0. The molecule has 0 saturated heterocycles. The molecule has 0 unspecified atom stereocenters. The van der Waals surface area contributed by atoms with Crippen LogP contribution in [-0.4, -0.2) is 6.21 Å². The molecule has 0 aliphatic heterocycles. The number of hydrazone groups is 1. The molecule has 0 spiro atoms. The lowest BCUT2D eigenvalue weighted by Gasteiger charge is -1.98. The first-order valence-corrected chi connectivity index (χ1v) is 5.22. The number of anilines is 1. The van der Waals surface area contributed by atoms with Gasteiger partial charge < -0.3 is 4.42 Å². The number of hydrogen-bond acceptors (Lipinski definition) is 3. The molecule has 2 aromatic rings. The van der Waals surface area contributed by atoms with E-state index in [2.05, 4.69) is 26.5 Å². The van der Waals surface area contributed by atoms with Gasteiger partial charge in [0.05, 0.1) is 18.2 Å². The molecule has 76 valence electrons. The highest BCUT2D eigenvalue weighted by Crippen LogP contribution is 2.13. The predicted octanol–water partition coefficient (Wildman–Crippen LogP) is 3.49. The number of nitrogens with one attached hydrogen (secondary N) is 1. The van der Waals surface area contributed by atoms with Crippen molar-refractivity contribution in [2.75, 3.05) is 5.43 Å². The molecule has 15 heavy (non-hydrogen) atoms. The second-order valence-electron chi connectivity index (χ2n) is 2.89. The first-order valence-electron chi connectivity index (χ1n) is 4.43. The lowest BCUT2D eigenvalue weighted by molar-refractivity contribution is 0.560. The molecule has 0 saturated carbocycles. The van der Waals surface area contributed by atoms with Crippen molar-refractivity contribution in [2.45, 2.75) is 0 Å². The highest BCUT2D eigenvalue weighted by atomic mass is 79.9. The third-order valence-electron chi connectivity index (χ3n) is 1.77. The second-order valence-corrected chi connectivity index (χ2v) is 3.81. The molecule has 0 aliphatic carbocycles. The molecule has 0 amide bonds. The van der Waals surface area contributed by atoms with Crippen molar-refractivity contribution in [3.8, 4) is 0 Å². The summed E-state index contributed by atoms with van der Waals surface area (Å²) in [7, 11) is 0. The van der Waals surface area contributed by atoms with Crippen molar-refractivity contribution < 1.29 is 4.42 Å². The first kappa shape index (κ1) is 9.98. The molecule has 0 aliphatic rings. The maximum atomic E-state index is 5.09. The van der Waals surface area contributed by atoms with Gasteiger partial charge in [0.15, 0.2) is 0 Å². The van der Waals surface area contributed by atoms with Crippen LogP contribution < -0.4 is 5.43 Å². The van der Waals surface area contributed by atoms with Crippen LogP contribution in [0.15, 0.2) is 56.7 Å². The van der Waals surface area contributed by atoms with Crippen LogP contribution in [0.4, 0.5) is 5.69 Å². The van der Waals surface area contributed by atoms with Gasteiger partial charge in [0.1, 0.15) is 5.76 Å². The van der Waals surface area contributed by atoms with E-state index in [4.69, 9.17) is 4.42 Å². The standard InChI is InChI=1S/C11H9BrN2O/c12-9-3-5-10(6-4-9)14-13-8-11-2-1-7-15-11/h1-8,14H. The molecule has 1 N–H and O–H groups in total. The minimum absolute atomic E-state index is 0.722. The maximum absolute atomic E-state index is 5.09. The SMILES string of the molecule is Brc1ccc(NN=Cc2ccco2)cc1. The zero-order valence-corrected chi connectivity index (χ0v) is 9.44. The minimum atomic E-state index is 0.722. The summed E-state index contributed by atoms with van der Waals surface area (Å²) in [4.78, 5) is 0. The predicted molar refractivity (Wildman–Crippen MR) is 64.1 cm³/mol. The molecule has 2 rings (SSSR count). The van der Waals surface area contributed by atoms with Crippen LogP contribution in [0.2, 0.25) is 0 Å². The van der Waals surface area contributed by atoms with Crippen molar-refractivity contribution in [3.63, 3.8) is 0 Å². The monoisotopic (exact) mass is 264 g/mol. The number of rotatable bonds is 3. The van der Waals surface area contributed by atoms with Crippen molar-refractivity contribution in [2.24, 2.45) is 5.10 Å². The van der Waals surface area contributed by atoms with E-state index in [1.54, 1.807) is 12.5 Å². The molecular weight excluding hydrogens is 256 g/mol. The fourth-order valence-corrected chi connectivity index (χ4v) is 1.32. The second kappa shape index (κ2) is 4.79. The number of benzene rings is 1. The van der Waals surface area contributed by atoms with Crippen molar-refractivity contribution in [1.29, 1.82) is 0 Å². The lowest BCUT2D eigenvalue weighted by atomic mass is 10.3. The highest BCUT2D eigenvalue weighted by Gasteiger charge is 1.90. The number of furan rings is 1. The van der Waals surface area contributed by atoms with Crippen LogP contribution >= 0.6 is 15.9 Å². The summed E-state index contributed by atoms with van der Waals surface area (Å²) in [6, 6.07) is 11.4. The molecule has 1 heterocycles. The average Bonchev–Trinajstić information content (AvgIpc) is 2.74. The molecule has 4 heteroatoms. The smallest absolute Gasteiger partial charge is 0.146 e. The van der Waals surface area contributed by atoms with E-state index in [1.165, 1.54) is 0 Å². The molecule has 0 bridgehead atoms. The van der Waals surface area contributed by atoms with E-state index >= 15 is 0 Å². The summed E-state index contributed by atoms with van der Waals surface area (Å²) in [6.07, 6.45) is 3.24. The Morgan fingerprint density at radius 3 is 2.67 bits per heavy atom. The minimum Gasteiger partial charge on any atom is -0.463 e. The van der Waals surface area contributed by atoms with Crippen LogP contribution in [0.5, 0.6) is 0 Å². The van der Waals surface area contributed by atoms with Gasteiger partial charge >= 0.3 is 0 Å². The molecule has 0 atom stereocenters. The van der Waals surface area contributed by atoms with Crippen LogP contribution in [0.3, 0.4) is 0 Å². The number of nitrogens with zero attached hydrogens (tertiary/aromatic N) is 1. The quantitative estimate of drug-likeness (QED) is 0.681. The van der Waals surface area contributed by atoms with Crippen molar-refractivity contribution >= 4 is 27.8 Å². The molecule has 1 aromatic heterocycles. The summed E-state index contributed by atoms with van der Waals surface area (Å²) in [5.41, 5.74) is 3.83. The van der Waals surface area contributed by atoms with E-state index < -0.39 is 0 Å². The third-order valence-corrected chi connectivity index (χ3v) is 2.30. The van der Waals surface area contributed by atoms with E-state index in [1.807, 2.05) is 36.4 Å². The Labute approximate surface area is 95.9 Å². The number of halogens is 1. The van der Waals surface area contributed by atoms with E-state index in [-0.39, 0.29) is 0 Å². The van der Waals surface area contributed by atoms with Gasteiger partial charge in [0.2, 0.25) is 0 Å². The van der Waals surface area contributed by atoms with Crippen LogP contribution in [0, 0.1) is 0 Å². The highest BCUT2D eigenvalue weighted by molar-refractivity contribution is 9.10. The van der Waals surface area contributed by atoms with Gasteiger partial charge in [-0.05, 0) is 36.4 Å². The lowest BCUT2D eigenvalue weighted by Crippen LogP contribution is -1.88. The Morgan fingerprint density at radius 2 is 2.00 bits per heavy atom. The Kier molecular flexibility index (Phi) is 3.19. The van der Waals surface area contributed by atoms with Gasteiger partial charge in [-0.25, -0.2) is 0 Å². The molecule has 0 radical (unpaired) electrons. The Balaban J connectivity index is 1.96. The van der Waals surface area contributed by atoms with Crippen LogP contribution in [-0.2, 0) is 0 Å². The Bertz CT molecular complexity index is 434. The molecule has 1 aromatic carbocycles. The van der Waals surface area contributed by atoms with Gasteiger partial charge in [-0.2, -0.15) is 5.10 Å². The summed E-state index contributed by atoms with van der Waals surface area (Å²) in [5.74, 6) is 0.722. The van der Waals surface area contributed by atoms with Crippen LogP contribution in [0.25, 0.3) is 0 Å². The van der Waals surface area contributed by atoms with Crippen LogP contribution in [0.1, 0.15) is 5.76 Å². The first-order chi connectivity index (χ1) is 7.34. The maximum Gasteiger partial charge on any atom is 0.146 e. The largest absolute Gasteiger partial charge is 0.463 e. The average molecular weight is 265 g/mol. The zero-order valence-electron chi connectivity index (χ0n) is 7.85. The fourth-order valence-electron chi connectivity index (χ4n) is 1.06. The normalized spacial score (nSPS) is 10.7. The van der Waals surface area contributed by atoms with Gasteiger partial charge in [0.25, 0.3) is 0 Å². The van der Waals surface area contributed by atoms with Gasteiger partial charge in [-0.1, -0.05) is 15.9 Å². The molecule has 3 nitrogen and oxygen atoms in total. The zero-order chi connectivity index (χ0) is 10.5. The van der Waals surface area contributed by atoms with Gasteiger partial charge in [0, 0.05) is 4.47 Å². The van der Waals surface area contributed by atoms with Gasteiger partial charge in [-0.15, -0.1) is 0 Å². The van der Waals surface area contributed by atoms with Gasteiger partial charge in [-0.3, -0.25) is 5.43 Å². The van der Waals surface area contributed by atoms with E-state index in [0.29, 0.717) is 0 Å². The molecule has 0 fully saturated rings. The van der Waals surface area contributed by atoms with Crippen molar-refractivity contribution in [1.82, 2.24) is 0 Å². The Hall–Kier alpha value is -1.55. The molecular formula is C11H9BrN2O.